The highest BCUT2D eigenvalue weighted by molar-refractivity contribution is 7.15. The van der Waals surface area contributed by atoms with E-state index in [1.165, 1.54) is 22.7 Å². The Morgan fingerprint density at radius 3 is 2.00 bits per heavy atom. The van der Waals surface area contributed by atoms with Gasteiger partial charge in [-0.2, -0.15) is 5.26 Å². The monoisotopic (exact) mass is 557 g/mol. The lowest BCUT2D eigenvalue weighted by Gasteiger charge is -2.25. The van der Waals surface area contributed by atoms with E-state index in [2.05, 4.69) is 37.1 Å². The molecule has 0 radical (unpaired) electrons. The number of nitrogens with zero attached hydrogens (tertiary/aromatic N) is 5. The maximum Gasteiger partial charge on any atom is 0.230 e. The molecule has 0 spiro atoms. The Morgan fingerprint density at radius 2 is 1.44 bits per heavy atom. The molecule has 198 valence electrons. The van der Waals surface area contributed by atoms with Crippen LogP contribution in [0.25, 0.3) is 0 Å². The van der Waals surface area contributed by atoms with Gasteiger partial charge in [-0.05, 0) is 49.4 Å². The van der Waals surface area contributed by atoms with Gasteiger partial charge in [0.1, 0.15) is 10.0 Å². The van der Waals surface area contributed by atoms with E-state index in [1.807, 2.05) is 37.3 Å². The first-order valence-corrected chi connectivity index (χ1v) is 14.4. The molecule has 2 aromatic heterocycles. The predicted molar refractivity (Wildman–Crippen MR) is 151 cm³/mol. The van der Waals surface area contributed by atoms with E-state index in [0.29, 0.717) is 22.2 Å². The topological polar surface area (TPSA) is 134 Å². The summed E-state index contributed by atoms with van der Waals surface area (Å²) in [6.07, 6.45) is 4.36. The van der Waals surface area contributed by atoms with Crippen molar-refractivity contribution in [2.24, 2.45) is 0 Å². The smallest absolute Gasteiger partial charge is 0.230 e. The molecule has 2 heterocycles. The summed E-state index contributed by atoms with van der Waals surface area (Å²) < 4.78 is 0. The number of nitrogens with one attached hydrogen (secondary N) is 2. The molecule has 5 rings (SSSR count). The fourth-order valence-electron chi connectivity index (χ4n) is 4.81. The van der Waals surface area contributed by atoms with Crippen LogP contribution in [-0.2, 0) is 22.4 Å². The second-order valence-corrected chi connectivity index (χ2v) is 11.7. The Labute approximate surface area is 234 Å². The molecule has 9 nitrogen and oxygen atoms in total. The van der Waals surface area contributed by atoms with Crippen molar-refractivity contribution in [3.63, 3.8) is 0 Å². The highest BCUT2D eigenvalue weighted by Crippen LogP contribution is 2.43. The maximum absolute atomic E-state index is 12.5. The van der Waals surface area contributed by atoms with Crippen molar-refractivity contribution in [3.05, 3.63) is 80.8 Å². The number of nitriles is 1. The fourth-order valence-corrected chi connectivity index (χ4v) is 6.62. The minimum Gasteiger partial charge on any atom is -0.300 e. The summed E-state index contributed by atoms with van der Waals surface area (Å²) in [5.41, 5.74) is 3.39. The molecule has 0 saturated heterocycles. The molecule has 0 aliphatic heterocycles. The van der Waals surface area contributed by atoms with Crippen LogP contribution in [0.3, 0.4) is 0 Å². The van der Waals surface area contributed by atoms with Crippen molar-refractivity contribution in [1.82, 2.24) is 20.4 Å². The summed E-state index contributed by atoms with van der Waals surface area (Å²) in [5.74, 6) is 0.159. The number of aromatic nitrogens is 4. The lowest BCUT2D eigenvalue weighted by Crippen LogP contribution is -2.14. The van der Waals surface area contributed by atoms with Gasteiger partial charge in [-0.1, -0.05) is 71.1 Å². The number of anilines is 2. The highest BCUT2D eigenvalue weighted by atomic mass is 32.1. The molecule has 2 amide bonds. The first kappa shape index (κ1) is 26.6. The molecule has 0 bridgehead atoms. The highest BCUT2D eigenvalue weighted by Gasteiger charge is 2.29. The number of benzene rings is 2. The van der Waals surface area contributed by atoms with Gasteiger partial charge in [0.2, 0.25) is 22.1 Å². The third-order valence-corrected chi connectivity index (χ3v) is 8.62. The Kier molecular flexibility index (Phi) is 8.34. The van der Waals surface area contributed by atoms with Crippen LogP contribution in [0.1, 0.15) is 69.8 Å². The molecule has 11 heteroatoms. The van der Waals surface area contributed by atoms with Crippen LogP contribution in [0.2, 0.25) is 0 Å². The number of aryl methyl sites for hydroxylation is 1. The lowest BCUT2D eigenvalue weighted by atomic mass is 9.82. The molecule has 4 aromatic rings. The van der Waals surface area contributed by atoms with Gasteiger partial charge in [-0.3, -0.25) is 9.59 Å². The molecule has 39 heavy (non-hydrogen) atoms. The van der Waals surface area contributed by atoms with Gasteiger partial charge < -0.3 is 10.6 Å². The van der Waals surface area contributed by atoms with E-state index >= 15 is 0 Å². The van der Waals surface area contributed by atoms with Gasteiger partial charge >= 0.3 is 0 Å². The molecule has 1 aliphatic rings. The molecular formula is C28H27N7O2S2. The van der Waals surface area contributed by atoms with Crippen LogP contribution in [0, 0.1) is 18.3 Å². The van der Waals surface area contributed by atoms with E-state index in [0.717, 1.165) is 52.4 Å². The van der Waals surface area contributed by atoms with E-state index < -0.39 is 0 Å². The molecule has 2 aromatic carbocycles. The molecule has 0 unspecified atom stereocenters. The maximum atomic E-state index is 12.5. The summed E-state index contributed by atoms with van der Waals surface area (Å²) in [6.45, 7) is 2.01. The van der Waals surface area contributed by atoms with Crippen LogP contribution < -0.4 is 10.6 Å². The van der Waals surface area contributed by atoms with Gasteiger partial charge in [0.15, 0.2) is 0 Å². The zero-order chi connectivity index (χ0) is 27.2. The van der Waals surface area contributed by atoms with Crippen LogP contribution >= 0.6 is 22.7 Å². The molecular weight excluding hydrogens is 530 g/mol. The zero-order valence-electron chi connectivity index (χ0n) is 21.4. The third-order valence-electron chi connectivity index (χ3n) is 6.61. The Balaban J connectivity index is 1.15. The van der Waals surface area contributed by atoms with Crippen LogP contribution in [-0.4, -0.2) is 32.2 Å². The normalized spacial score (nSPS) is 16.8. The molecule has 2 N–H and O–H groups in total. The number of carbonyl (C=O) groups excluding carboxylic acids is 2. The summed E-state index contributed by atoms with van der Waals surface area (Å²) in [7, 11) is 0. The number of rotatable bonds is 8. The summed E-state index contributed by atoms with van der Waals surface area (Å²) in [6, 6.07) is 17.0. The number of hydrogen-bond acceptors (Lipinski definition) is 9. The van der Waals surface area contributed by atoms with Crippen molar-refractivity contribution in [2.75, 3.05) is 10.6 Å². The number of hydrogen-bond donors (Lipinski definition) is 2. The van der Waals surface area contributed by atoms with E-state index in [-0.39, 0.29) is 30.1 Å². The Bertz CT molecular complexity index is 1520. The van der Waals surface area contributed by atoms with Crippen molar-refractivity contribution in [2.45, 2.75) is 57.3 Å². The van der Waals surface area contributed by atoms with Gasteiger partial charge in [0.05, 0.1) is 24.5 Å². The average molecular weight is 558 g/mol. The largest absolute Gasteiger partial charge is 0.300 e. The van der Waals surface area contributed by atoms with Crippen molar-refractivity contribution < 1.29 is 9.59 Å². The van der Waals surface area contributed by atoms with Gasteiger partial charge in [-0.15, -0.1) is 20.4 Å². The van der Waals surface area contributed by atoms with E-state index in [4.69, 9.17) is 5.26 Å². The third kappa shape index (κ3) is 7.10. The zero-order valence-corrected chi connectivity index (χ0v) is 23.0. The van der Waals surface area contributed by atoms with Gasteiger partial charge in [0, 0.05) is 11.8 Å². The van der Waals surface area contributed by atoms with Gasteiger partial charge in [-0.25, -0.2) is 0 Å². The van der Waals surface area contributed by atoms with Crippen molar-refractivity contribution in [3.8, 4) is 6.07 Å². The second-order valence-electron chi connectivity index (χ2n) is 9.70. The minimum atomic E-state index is -0.194. The van der Waals surface area contributed by atoms with E-state index in [1.54, 1.807) is 18.2 Å². The van der Waals surface area contributed by atoms with Crippen LogP contribution in [0.4, 0.5) is 10.3 Å². The van der Waals surface area contributed by atoms with Gasteiger partial charge in [0.25, 0.3) is 0 Å². The van der Waals surface area contributed by atoms with Crippen LogP contribution in [0.15, 0.2) is 48.5 Å². The summed E-state index contributed by atoms with van der Waals surface area (Å²) >= 11 is 2.83. The minimum absolute atomic E-state index is 0.106. The number of carbonyl (C=O) groups is 2. The Hall–Kier alpha value is -4.01. The SMILES string of the molecule is Cc1cccc(CC(=O)Nc2nnc([C@H]3CCC[C@H](c4nnc(NC(=O)Cc5cccc(C#N)c5)s4)C3)s2)c1. The van der Waals surface area contributed by atoms with Crippen molar-refractivity contribution in [1.29, 1.82) is 5.26 Å². The summed E-state index contributed by atoms with van der Waals surface area (Å²) in [4.78, 5) is 25.0. The first-order valence-electron chi connectivity index (χ1n) is 12.8. The molecule has 1 fully saturated rings. The summed E-state index contributed by atoms with van der Waals surface area (Å²) in [5, 5.41) is 34.7. The van der Waals surface area contributed by atoms with E-state index in [9.17, 15) is 9.59 Å². The molecule has 1 saturated carbocycles. The fraction of sp³-hybridized carbons (Fsp3) is 0.321. The van der Waals surface area contributed by atoms with Crippen LogP contribution in [0.5, 0.6) is 0 Å². The second kappa shape index (κ2) is 12.2. The molecule has 1 aliphatic carbocycles. The average Bonchev–Trinajstić information content (AvgIpc) is 3.59. The Morgan fingerprint density at radius 1 is 0.872 bits per heavy atom. The van der Waals surface area contributed by atoms with Crippen molar-refractivity contribution >= 4 is 44.8 Å². The number of amides is 2. The standard InChI is InChI=1S/C28H27N7O2S2/c1-17-5-2-6-18(11-17)13-23(36)30-27-34-32-25(38-27)21-9-4-10-22(15-21)26-33-35-28(39-26)31-24(37)14-19-7-3-8-20(12-19)16-29/h2-3,5-8,11-12,21-22H,4,9-10,13-15H2,1H3,(H,30,34,36)(H,31,35,37)/t21-,22-/m0/s1. The molecule has 2 atom stereocenters. The first-order chi connectivity index (χ1) is 18.9. The predicted octanol–water partition coefficient (Wildman–Crippen LogP) is 5.37. The quantitative estimate of drug-likeness (QED) is 0.297. The lowest BCUT2D eigenvalue weighted by molar-refractivity contribution is -0.116.